The lowest BCUT2D eigenvalue weighted by Gasteiger charge is -2.10. The standard InChI is InChI=1S/C7H13NO/c1-2-7-6(5-8)3-4-9-7/h2,6-7H,1,3-5,8H2/t6-,7+/m0/s1. The van der Waals surface area contributed by atoms with E-state index in [1.165, 1.54) is 0 Å². The molecule has 0 amide bonds. The highest BCUT2D eigenvalue weighted by atomic mass is 16.5. The molecule has 9 heavy (non-hydrogen) atoms. The summed E-state index contributed by atoms with van der Waals surface area (Å²) in [4.78, 5) is 0. The van der Waals surface area contributed by atoms with Gasteiger partial charge in [-0.05, 0) is 13.0 Å². The van der Waals surface area contributed by atoms with E-state index in [1.807, 2.05) is 6.08 Å². The van der Waals surface area contributed by atoms with Crippen LogP contribution in [0.5, 0.6) is 0 Å². The zero-order valence-corrected chi connectivity index (χ0v) is 5.55. The van der Waals surface area contributed by atoms with Crippen LogP contribution in [0.4, 0.5) is 0 Å². The van der Waals surface area contributed by atoms with Gasteiger partial charge >= 0.3 is 0 Å². The molecule has 1 aliphatic heterocycles. The summed E-state index contributed by atoms with van der Waals surface area (Å²) in [6.07, 6.45) is 3.15. The van der Waals surface area contributed by atoms with Crippen LogP contribution < -0.4 is 5.73 Å². The molecule has 0 aliphatic carbocycles. The van der Waals surface area contributed by atoms with E-state index in [0.717, 1.165) is 19.6 Å². The Kier molecular flexibility index (Phi) is 2.25. The van der Waals surface area contributed by atoms with Gasteiger partial charge in [0.25, 0.3) is 0 Å². The third-order valence-electron chi connectivity index (χ3n) is 1.80. The van der Waals surface area contributed by atoms with Crippen LogP contribution in [0.15, 0.2) is 12.7 Å². The SMILES string of the molecule is C=C[C@H]1OCC[C@H]1CN. The second kappa shape index (κ2) is 2.99. The first-order chi connectivity index (χ1) is 4.38. The van der Waals surface area contributed by atoms with E-state index in [9.17, 15) is 0 Å². The number of rotatable bonds is 2. The van der Waals surface area contributed by atoms with E-state index in [1.54, 1.807) is 0 Å². The van der Waals surface area contributed by atoms with Crippen molar-refractivity contribution in [1.29, 1.82) is 0 Å². The van der Waals surface area contributed by atoms with Gasteiger partial charge in [-0.15, -0.1) is 6.58 Å². The minimum atomic E-state index is 0.218. The molecule has 2 N–H and O–H groups in total. The molecule has 0 saturated carbocycles. The van der Waals surface area contributed by atoms with E-state index in [2.05, 4.69) is 6.58 Å². The van der Waals surface area contributed by atoms with Gasteiger partial charge in [0.05, 0.1) is 6.10 Å². The van der Waals surface area contributed by atoms with Crippen LogP contribution in [0, 0.1) is 5.92 Å². The van der Waals surface area contributed by atoms with E-state index in [-0.39, 0.29) is 6.10 Å². The molecule has 1 aliphatic rings. The highest BCUT2D eigenvalue weighted by Crippen LogP contribution is 2.19. The second-order valence-electron chi connectivity index (χ2n) is 2.36. The minimum Gasteiger partial charge on any atom is -0.374 e. The first-order valence-corrected chi connectivity index (χ1v) is 3.32. The largest absolute Gasteiger partial charge is 0.374 e. The molecule has 1 saturated heterocycles. The summed E-state index contributed by atoms with van der Waals surface area (Å²) in [5.74, 6) is 0.516. The maximum absolute atomic E-state index is 5.47. The molecule has 0 aromatic heterocycles. The predicted molar refractivity (Wildman–Crippen MR) is 37.1 cm³/mol. The Morgan fingerprint density at radius 2 is 2.56 bits per heavy atom. The van der Waals surface area contributed by atoms with Crippen LogP contribution in [0.25, 0.3) is 0 Å². The summed E-state index contributed by atoms with van der Waals surface area (Å²) in [5.41, 5.74) is 5.47. The van der Waals surface area contributed by atoms with Crippen LogP contribution in [0.1, 0.15) is 6.42 Å². The number of hydrogen-bond acceptors (Lipinski definition) is 2. The molecule has 2 heteroatoms. The zero-order chi connectivity index (χ0) is 6.69. The highest BCUT2D eigenvalue weighted by molar-refractivity contribution is 4.89. The summed E-state index contributed by atoms with van der Waals surface area (Å²) >= 11 is 0. The van der Waals surface area contributed by atoms with Crippen LogP contribution in [0.3, 0.4) is 0 Å². The van der Waals surface area contributed by atoms with Gasteiger partial charge in [-0.1, -0.05) is 6.08 Å². The summed E-state index contributed by atoms with van der Waals surface area (Å²) in [6, 6.07) is 0. The fourth-order valence-corrected chi connectivity index (χ4v) is 1.17. The Morgan fingerprint density at radius 1 is 1.78 bits per heavy atom. The molecule has 0 aromatic carbocycles. The topological polar surface area (TPSA) is 35.2 Å². The smallest absolute Gasteiger partial charge is 0.0794 e. The lowest BCUT2D eigenvalue weighted by atomic mass is 10.0. The number of hydrogen-bond donors (Lipinski definition) is 1. The molecule has 2 nitrogen and oxygen atoms in total. The van der Waals surface area contributed by atoms with Crippen molar-refractivity contribution in [1.82, 2.24) is 0 Å². The molecule has 52 valence electrons. The van der Waals surface area contributed by atoms with Crippen LogP contribution in [-0.4, -0.2) is 19.3 Å². The normalized spacial score (nSPS) is 34.8. The van der Waals surface area contributed by atoms with Gasteiger partial charge in [-0.3, -0.25) is 0 Å². The molecule has 0 aromatic rings. The first kappa shape index (κ1) is 6.78. The van der Waals surface area contributed by atoms with Crippen LogP contribution >= 0.6 is 0 Å². The summed E-state index contributed by atoms with van der Waals surface area (Å²) in [7, 11) is 0. The molecule has 1 heterocycles. The Labute approximate surface area is 55.7 Å². The summed E-state index contributed by atoms with van der Waals surface area (Å²) in [6.45, 7) is 5.23. The van der Waals surface area contributed by atoms with Crippen molar-refractivity contribution in [2.75, 3.05) is 13.2 Å². The van der Waals surface area contributed by atoms with Crippen molar-refractivity contribution in [2.45, 2.75) is 12.5 Å². The number of ether oxygens (including phenoxy) is 1. The van der Waals surface area contributed by atoms with Gasteiger partial charge in [-0.2, -0.15) is 0 Å². The maximum Gasteiger partial charge on any atom is 0.0794 e. The predicted octanol–water partition coefficient (Wildman–Crippen LogP) is 0.536. The lowest BCUT2D eigenvalue weighted by Crippen LogP contribution is -2.21. The van der Waals surface area contributed by atoms with Crippen molar-refractivity contribution in [3.63, 3.8) is 0 Å². The fourth-order valence-electron chi connectivity index (χ4n) is 1.17. The summed E-state index contributed by atoms with van der Waals surface area (Å²) in [5, 5.41) is 0. The average molecular weight is 127 g/mol. The van der Waals surface area contributed by atoms with E-state index in [4.69, 9.17) is 10.5 Å². The van der Waals surface area contributed by atoms with Crippen molar-refractivity contribution in [2.24, 2.45) is 11.7 Å². The van der Waals surface area contributed by atoms with Crippen LogP contribution in [0.2, 0.25) is 0 Å². The Bertz CT molecular complexity index is 103. The van der Waals surface area contributed by atoms with Gasteiger partial charge in [0.1, 0.15) is 0 Å². The molecular formula is C7H13NO. The van der Waals surface area contributed by atoms with Crippen molar-refractivity contribution in [3.8, 4) is 0 Å². The second-order valence-corrected chi connectivity index (χ2v) is 2.36. The first-order valence-electron chi connectivity index (χ1n) is 3.32. The minimum absolute atomic E-state index is 0.218. The highest BCUT2D eigenvalue weighted by Gasteiger charge is 2.23. The Balaban J connectivity index is 2.41. The molecule has 0 unspecified atom stereocenters. The average Bonchev–Trinajstić information content (AvgIpc) is 2.33. The van der Waals surface area contributed by atoms with Gasteiger partial charge in [0, 0.05) is 12.5 Å². The van der Waals surface area contributed by atoms with Crippen LogP contribution in [-0.2, 0) is 4.74 Å². The maximum atomic E-state index is 5.47. The third kappa shape index (κ3) is 1.32. The van der Waals surface area contributed by atoms with Crippen molar-refractivity contribution < 1.29 is 4.74 Å². The fraction of sp³-hybridized carbons (Fsp3) is 0.714. The van der Waals surface area contributed by atoms with Crippen molar-refractivity contribution in [3.05, 3.63) is 12.7 Å². The van der Waals surface area contributed by atoms with Crippen molar-refractivity contribution >= 4 is 0 Å². The Hall–Kier alpha value is -0.340. The van der Waals surface area contributed by atoms with E-state index < -0.39 is 0 Å². The molecule has 1 fully saturated rings. The van der Waals surface area contributed by atoms with Gasteiger partial charge in [-0.25, -0.2) is 0 Å². The zero-order valence-electron chi connectivity index (χ0n) is 5.55. The third-order valence-corrected chi connectivity index (χ3v) is 1.80. The van der Waals surface area contributed by atoms with Gasteiger partial charge < -0.3 is 10.5 Å². The lowest BCUT2D eigenvalue weighted by molar-refractivity contribution is 0.129. The molecule has 1 rings (SSSR count). The summed E-state index contributed by atoms with van der Waals surface area (Å²) < 4.78 is 5.31. The van der Waals surface area contributed by atoms with Gasteiger partial charge in [0.15, 0.2) is 0 Å². The molecule has 0 spiro atoms. The van der Waals surface area contributed by atoms with E-state index in [0.29, 0.717) is 5.92 Å². The van der Waals surface area contributed by atoms with Gasteiger partial charge in [0.2, 0.25) is 0 Å². The molecule has 0 bridgehead atoms. The quantitative estimate of drug-likeness (QED) is 0.549. The monoisotopic (exact) mass is 127 g/mol. The molecular weight excluding hydrogens is 114 g/mol. The molecule has 0 radical (unpaired) electrons. The number of nitrogens with two attached hydrogens (primary N) is 1. The Morgan fingerprint density at radius 3 is 3.00 bits per heavy atom. The van der Waals surface area contributed by atoms with E-state index >= 15 is 0 Å². The molecule has 2 atom stereocenters.